The van der Waals surface area contributed by atoms with Gasteiger partial charge >= 0.3 is 6.18 Å². The number of hydrogen-bond donors (Lipinski definition) is 1. The van der Waals surface area contributed by atoms with Crippen LogP contribution in [0.1, 0.15) is 45.9 Å². The van der Waals surface area contributed by atoms with Crippen molar-refractivity contribution in [1.29, 1.82) is 0 Å². The predicted molar refractivity (Wildman–Crippen MR) is 91.0 cm³/mol. The fourth-order valence-electron chi connectivity index (χ4n) is 3.36. The van der Waals surface area contributed by atoms with Crippen molar-refractivity contribution in [1.82, 2.24) is 0 Å². The van der Waals surface area contributed by atoms with E-state index in [2.05, 4.69) is 17.9 Å². The zero-order valence-electron chi connectivity index (χ0n) is 14.1. The molecule has 1 N–H and O–H groups in total. The van der Waals surface area contributed by atoms with E-state index in [9.17, 15) is 18.3 Å². The maximum absolute atomic E-state index is 12.6. The van der Waals surface area contributed by atoms with Gasteiger partial charge < -0.3 is 5.11 Å². The zero-order valence-corrected chi connectivity index (χ0v) is 14.1. The van der Waals surface area contributed by atoms with Crippen LogP contribution in [-0.2, 0) is 12.6 Å². The fourth-order valence-corrected chi connectivity index (χ4v) is 3.36. The van der Waals surface area contributed by atoms with E-state index >= 15 is 0 Å². The molecule has 1 nitrogen and oxygen atoms in total. The van der Waals surface area contributed by atoms with Crippen LogP contribution in [0.25, 0.3) is 0 Å². The second-order valence-corrected chi connectivity index (χ2v) is 6.53. The number of aliphatic hydroxyl groups excluding tert-OH is 1. The topological polar surface area (TPSA) is 20.2 Å². The molecule has 0 fully saturated rings. The number of benzene rings is 2. The number of hydrogen-bond acceptors (Lipinski definition) is 1. The van der Waals surface area contributed by atoms with Crippen LogP contribution >= 0.6 is 0 Å². The highest BCUT2D eigenvalue weighted by Gasteiger charge is 2.30. The first-order valence-corrected chi connectivity index (χ1v) is 8.23. The van der Waals surface area contributed by atoms with Gasteiger partial charge in [0.1, 0.15) is 0 Å². The van der Waals surface area contributed by atoms with Crippen molar-refractivity contribution < 1.29 is 18.3 Å². The molecule has 0 unspecified atom stereocenters. The Bertz CT molecular complexity index is 838. The van der Waals surface area contributed by atoms with E-state index in [0.29, 0.717) is 5.56 Å². The van der Waals surface area contributed by atoms with Gasteiger partial charge in [-0.15, -0.1) is 0 Å². The molecule has 0 saturated carbocycles. The second kappa shape index (κ2) is 6.57. The maximum Gasteiger partial charge on any atom is 0.416 e. The van der Waals surface area contributed by atoms with Gasteiger partial charge in [0.25, 0.3) is 0 Å². The molecule has 0 aliphatic heterocycles. The molecule has 2 aromatic carbocycles. The van der Waals surface area contributed by atoms with E-state index in [1.165, 1.54) is 23.3 Å². The highest BCUT2D eigenvalue weighted by atomic mass is 19.4. The van der Waals surface area contributed by atoms with Crippen LogP contribution in [0.5, 0.6) is 0 Å². The molecule has 130 valence electrons. The third-order valence-electron chi connectivity index (χ3n) is 4.81. The van der Waals surface area contributed by atoms with Crippen molar-refractivity contribution in [2.24, 2.45) is 5.92 Å². The van der Waals surface area contributed by atoms with Crippen molar-refractivity contribution in [3.05, 3.63) is 69.8 Å². The molecule has 0 saturated heterocycles. The van der Waals surface area contributed by atoms with Crippen molar-refractivity contribution in [3.8, 4) is 11.8 Å². The molecule has 25 heavy (non-hydrogen) atoms. The van der Waals surface area contributed by atoms with Crippen LogP contribution in [0.2, 0.25) is 0 Å². The van der Waals surface area contributed by atoms with Gasteiger partial charge in [0.2, 0.25) is 0 Å². The van der Waals surface area contributed by atoms with Crippen molar-refractivity contribution in [2.45, 2.75) is 39.0 Å². The van der Waals surface area contributed by atoms with Gasteiger partial charge in [-0.25, -0.2) is 0 Å². The smallest absolute Gasteiger partial charge is 0.387 e. The lowest BCUT2D eigenvalue weighted by Gasteiger charge is -2.29. The van der Waals surface area contributed by atoms with Gasteiger partial charge in [-0.1, -0.05) is 24.0 Å². The summed E-state index contributed by atoms with van der Waals surface area (Å²) < 4.78 is 37.8. The molecule has 0 amide bonds. The average molecular weight is 344 g/mol. The molecule has 2 aromatic rings. The number of halogens is 3. The van der Waals surface area contributed by atoms with Crippen LogP contribution in [0.3, 0.4) is 0 Å². The van der Waals surface area contributed by atoms with E-state index in [1.54, 1.807) is 0 Å². The Morgan fingerprint density at radius 2 is 1.64 bits per heavy atom. The average Bonchev–Trinajstić information content (AvgIpc) is 2.57. The molecule has 0 heterocycles. The highest BCUT2D eigenvalue weighted by molar-refractivity contribution is 5.45. The van der Waals surface area contributed by atoms with Crippen molar-refractivity contribution >= 4 is 0 Å². The molecule has 0 radical (unpaired) electrons. The lowest BCUT2D eigenvalue weighted by Crippen LogP contribution is -2.21. The van der Waals surface area contributed by atoms with Crippen LogP contribution < -0.4 is 0 Å². The van der Waals surface area contributed by atoms with Gasteiger partial charge in [0.15, 0.2) is 0 Å². The minimum atomic E-state index is -4.34. The summed E-state index contributed by atoms with van der Waals surface area (Å²) in [5.74, 6) is 5.75. The lowest BCUT2D eigenvalue weighted by molar-refractivity contribution is -0.137. The molecule has 3 rings (SSSR count). The lowest BCUT2D eigenvalue weighted by atomic mass is 9.78. The van der Waals surface area contributed by atoms with Gasteiger partial charge in [-0.05, 0) is 73.2 Å². The maximum atomic E-state index is 12.6. The molecule has 4 heteroatoms. The predicted octanol–water partition coefficient (Wildman–Crippen LogP) is 4.97. The van der Waals surface area contributed by atoms with Gasteiger partial charge in [0, 0.05) is 5.56 Å². The fraction of sp³-hybridized carbons (Fsp3) is 0.333. The van der Waals surface area contributed by atoms with E-state index in [0.717, 1.165) is 36.1 Å². The molecular weight excluding hydrogens is 325 g/mol. The van der Waals surface area contributed by atoms with E-state index in [1.807, 2.05) is 19.9 Å². The summed E-state index contributed by atoms with van der Waals surface area (Å²) in [4.78, 5) is 0. The largest absolute Gasteiger partial charge is 0.416 e. The van der Waals surface area contributed by atoms with Gasteiger partial charge in [0.05, 0.1) is 17.6 Å². The van der Waals surface area contributed by atoms with E-state index in [-0.39, 0.29) is 5.92 Å². The minimum absolute atomic E-state index is 0.213. The number of aliphatic hydroxyl groups is 1. The van der Waals surface area contributed by atoms with Crippen LogP contribution in [0.4, 0.5) is 13.2 Å². The summed E-state index contributed by atoms with van der Waals surface area (Å²) in [5.41, 5.74) is 4.21. The summed E-state index contributed by atoms with van der Waals surface area (Å²) in [6.07, 6.45) is -3.41. The Kier molecular flexibility index (Phi) is 4.62. The number of rotatable bonds is 0. The zero-order chi connectivity index (χ0) is 18.2. The molecule has 2 atom stereocenters. The van der Waals surface area contributed by atoms with Crippen LogP contribution in [0, 0.1) is 31.6 Å². The monoisotopic (exact) mass is 344 g/mol. The summed E-state index contributed by atoms with van der Waals surface area (Å²) in [5, 5.41) is 10.7. The summed E-state index contributed by atoms with van der Waals surface area (Å²) in [7, 11) is 0. The van der Waals surface area contributed by atoms with Gasteiger partial charge in [-0.2, -0.15) is 13.2 Å². The summed E-state index contributed by atoms with van der Waals surface area (Å²) in [6, 6.07) is 8.87. The van der Waals surface area contributed by atoms with Crippen molar-refractivity contribution in [2.75, 3.05) is 0 Å². The molecule has 0 bridgehead atoms. The quantitative estimate of drug-likeness (QED) is 0.669. The molecule has 1 aliphatic rings. The molecule has 1 aliphatic carbocycles. The summed E-state index contributed by atoms with van der Waals surface area (Å²) >= 11 is 0. The molecule has 0 spiro atoms. The number of alkyl halides is 3. The van der Waals surface area contributed by atoms with Gasteiger partial charge in [-0.3, -0.25) is 0 Å². The highest BCUT2D eigenvalue weighted by Crippen LogP contribution is 2.37. The second-order valence-electron chi connectivity index (χ2n) is 6.53. The van der Waals surface area contributed by atoms with E-state index < -0.39 is 17.8 Å². The number of fused-ring (bicyclic) bond motifs is 1. The standard InChI is InChI=1S/C21H19F3O/c1-13-3-4-14(2)19-18(13)12-9-16(20(19)25)8-5-15-6-10-17(11-7-15)21(22,23)24/h3-4,6-7,10-11,16,20,25H,9,12H2,1-2H3/t16-,20-/m1/s1. The Labute approximate surface area is 145 Å². The Hall–Kier alpha value is -2.25. The summed E-state index contributed by atoms with van der Waals surface area (Å²) in [6.45, 7) is 4.02. The van der Waals surface area contributed by atoms with Crippen molar-refractivity contribution in [3.63, 3.8) is 0 Å². The Morgan fingerprint density at radius 3 is 2.28 bits per heavy atom. The third-order valence-corrected chi connectivity index (χ3v) is 4.81. The third kappa shape index (κ3) is 3.57. The van der Waals surface area contributed by atoms with Crippen LogP contribution in [-0.4, -0.2) is 5.11 Å². The first-order valence-electron chi connectivity index (χ1n) is 8.23. The van der Waals surface area contributed by atoms with E-state index in [4.69, 9.17) is 0 Å². The Balaban J connectivity index is 1.83. The first-order chi connectivity index (χ1) is 11.8. The molecule has 0 aromatic heterocycles. The SMILES string of the molecule is Cc1ccc(C)c2c1CC[C@@H](C#Cc1ccc(C(F)(F)F)cc1)[C@H]2O. The Morgan fingerprint density at radius 1 is 1.00 bits per heavy atom. The normalized spacial score (nSPS) is 19.8. The van der Waals surface area contributed by atoms with Crippen LogP contribution in [0.15, 0.2) is 36.4 Å². The molecular formula is C21H19F3O. The number of aryl methyl sites for hydroxylation is 2. The minimum Gasteiger partial charge on any atom is -0.387 e. The first kappa shape index (κ1) is 17.6.